The van der Waals surface area contributed by atoms with E-state index in [9.17, 15) is 8.78 Å². The Morgan fingerprint density at radius 3 is 2.86 bits per heavy atom. The highest BCUT2D eigenvalue weighted by Gasteiger charge is 2.35. The Labute approximate surface area is 160 Å². The molecule has 7 nitrogen and oxygen atoms in total. The molecule has 0 bridgehead atoms. The third-order valence-electron chi connectivity index (χ3n) is 4.50. The highest BCUT2D eigenvalue weighted by molar-refractivity contribution is 5.55. The SMILES string of the molecule is C/C=C/c1cc(Nc2ncnc(N3CC(F)CC3c3ccc(F)cc3)n2)n[nH]1. The lowest BCUT2D eigenvalue weighted by molar-refractivity contribution is 0.357. The van der Waals surface area contributed by atoms with E-state index in [0.29, 0.717) is 24.1 Å². The van der Waals surface area contributed by atoms with Gasteiger partial charge in [0.25, 0.3) is 0 Å². The number of anilines is 3. The number of nitrogens with zero attached hydrogens (tertiary/aromatic N) is 5. The monoisotopic (exact) mass is 383 g/mol. The van der Waals surface area contributed by atoms with Crippen LogP contribution in [-0.2, 0) is 0 Å². The van der Waals surface area contributed by atoms with Gasteiger partial charge in [0.05, 0.1) is 18.3 Å². The molecule has 9 heteroatoms. The molecule has 2 aromatic heterocycles. The van der Waals surface area contributed by atoms with Crippen LogP contribution in [0.3, 0.4) is 0 Å². The number of H-pyrrole nitrogens is 1. The summed E-state index contributed by atoms with van der Waals surface area (Å²) in [6, 6.07) is 7.63. The first-order valence-electron chi connectivity index (χ1n) is 8.92. The van der Waals surface area contributed by atoms with Crippen LogP contribution in [0.2, 0.25) is 0 Å². The molecule has 2 unspecified atom stereocenters. The Kier molecular flexibility index (Phi) is 4.96. The van der Waals surface area contributed by atoms with Crippen LogP contribution in [0.15, 0.2) is 42.7 Å². The largest absolute Gasteiger partial charge is 0.331 e. The summed E-state index contributed by atoms with van der Waals surface area (Å²) in [4.78, 5) is 14.5. The maximum absolute atomic E-state index is 14.2. The summed E-state index contributed by atoms with van der Waals surface area (Å²) in [5.41, 5.74) is 1.66. The lowest BCUT2D eigenvalue weighted by atomic mass is 10.0. The van der Waals surface area contributed by atoms with Gasteiger partial charge < -0.3 is 10.2 Å². The van der Waals surface area contributed by atoms with Crippen LogP contribution >= 0.6 is 0 Å². The van der Waals surface area contributed by atoms with Crippen molar-refractivity contribution in [3.63, 3.8) is 0 Å². The van der Waals surface area contributed by atoms with E-state index in [4.69, 9.17) is 0 Å². The number of hydrogen-bond donors (Lipinski definition) is 2. The van der Waals surface area contributed by atoms with Crippen molar-refractivity contribution in [2.45, 2.75) is 25.6 Å². The molecule has 1 aromatic carbocycles. The molecule has 2 atom stereocenters. The maximum Gasteiger partial charge on any atom is 0.233 e. The molecule has 4 rings (SSSR count). The van der Waals surface area contributed by atoms with Gasteiger partial charge in [-0.2, -0.15) is 10.1 Å². The van der Waals surface area contributed by atoms with Crippen LogP contribution in [-0.4, -0.2) is 37.9 Å². The molecule has 0 radical (unpaired) electrons. The Balaban J connectivity index is 1.57. The van der Waals surface area contributed by atoms with Crippen molar-refractivity contribution in [2.24, 2.45) is 0 Å². The third-order valence-corrected chi connectivity index (χ3v) is 4.50. The van der Waals surface area contributed by atoms with E-state index in [2.05, 4.69) is 30.5 Å². The number of allylic oxidation sites excluding steroid dienone is 1. The number of rotatable bonds is 5. The zero-order valence-corrected chi connectivity index (χ0v) is 15.2. The smallest absolute Gasteiger partial charge is 0.233 e. The average Bonchev–Trinajstić information content (AvgIpc) is 3.29. The number of nitrogens with one attached hydrogen (secondary N) is 2. The molecule has 28 heavy (non-hydrogen) atoms. The zero-order valence-electron chi connectivity index (χ0n) is 15.2. The molecular weight excluding hydrogens is 364 g/mol. The summed E-state index contributed by atoms with van der Waals surface area (Å²) < 4.78 is 27.4. The van der Waals surface area contributed by atoms with E-state index in [-0.39, 0.29) is 18.4 Å². The van der Waals surface area contributed by atoms with Gasteiger partial charge in [-0.15, -0.1) is 0 Å². The normalized spacial score (nSPS) is 19.5. The summed E-state index contributed by atoms with van der Waals surface area (Å²) in [6.07, 6.45) is 4.44. The maximum atomic E-state index is 14.2. The summed E-state index contributed by atoms with van der Waals surface area (Å²) in [5, 5.41) is 10.0. The van der Waals surface area contributed by atoms with Gasteiger partial charge in [-0.25, -0.2) is 18.7 Å². The van der Waals surface area contributed by atoms with Crippen molar-refractivity contribution in [3.8, 4) is 0 Å². The molecule has 1 fully saturated rings. The number of aromatic amines is 1. The minimum absolute atomic E-state index is 0.166. The van der Waals surface area contributed by atoms with Crippen LogP contribution in [0.5, 0.6) is 0 Å². The Hall–Kier alpha value is -3.36. The summed E-state index contributed by atoms with van der Waals surface area (Å²) in [6.45, 7) is 2.08. The Bertz CT molecular complexity index is 970. The molecule has 3 heterocycles. The van der Waals surface area contributed by atoms with Gasteiger partial charge in [-0.3, -0.25) is 5.10 Å². The molecule has 3 aromatic rings. The fourth-order valence-corrected chi connectivity index (χ4v) is 3.27. The van der Waals surface area contributed by atoms with Crippen molar-refractivity contribution >= 4 is 23.8 Å². The summed E-state index contributed by atoms with van der Waals surface area (Å²) in [5.74, 6) is 0.901. The molecule has 0 aliphatic carbocycles. The number of alkyl halides is 1. The van der Waals surface area contributed by atoms with Gasteiger partial charge in [0.2, 0.25) is 11.9 Å². The van der Waals surface area contributed by atoms with Crippen molar-refractivity contribution < 1.29 is 8.78 Å². The molecule has 0 saturated carbocycles. The fourth-order valence-electron chi connectivity index (χ4n) is 3.27. The van der Waals surface area contributed by atoms with E-state index in [1.165, 1.54) is 18.5 Å². The third kappa shape index (κ3) is 3.83. The minimum Gasteiger partial charge on any atom is -0.331 e. The quantitative estimate of drug-likeness (QED) is 0.697. The number of hydrogen-bond acceptors (Lipinski definition) is 6. The molecule has 0 spiro atoms. The van der Waals surface area contributed by atoms with Gasteiger partial charge in [0, 0.05) is 12.5 Å². The van der Waals surface area contributed by atoms with E-state index >= 15 is 0 Å². The second kappa shape index (κ2) is 7.71. The second-order valence-electron chi connectivity index (χ2n) is 6.50. The van der Waals surface area contributed by atoms with Crippen molar-refractivity contribution in [3.05, 3.63) is 59.8 Å². The summed E-state index contributed by atoms with van der Waals surface area (Å²) in [7, 11) is 0. The first-order chi connectivity index (χ1) is 13.6. The highest BCUT2D eigenvalue weighted by Crippen LogP contribution is 2.36. The molecule has 0 amide bonds. The van der Waals surface area contributed by atoms with Crippen molar-refractivity contribution in [2.75, 3.05) is 16.8 Å². The first-order valence-corrected chi connectivity index (χ1v) is 8.92. The first kappa shape index (κ1) is 18.0. The Morgan fingerprint density at radius 1 is 1.25 bits per heavy atom. The van der Waals surface area contributed by atoms with Gasteiger partial charge in [-0.05, 0) is 30.7 Å². The molecule has 2 N–H and O–H groups in total. The predicted octanol–water partition coefficient (Wildman–Crippen LogP) is 3.80. The lowest BCUT2D eigenvalue weighted by Crippen LogP contribution is -2.26. The minimum atomic E-state index is -1.02. The lowest BCUT2D eigenvalue weighted by Gasteiger charge is -2.24. The number of benzene rings is 1. The molecule has 1 saturated heterocycles. The fraction of sp³-hybridized carbons (Fsp3) is 0.263. The van der Waals surface area contributed by atoms with E-state index in [0.717, 1.165) is 11.3 Å². The topological polar surface area (TPSA) is 82.6 Å². The van der Waals surface area contributed by atoms with Crippen LogP contribution in [0.1, 0.15) is 30.6 Å². The predicted molar refractivity (Wildman–Crippen MR) is 102 cm³/mol. The highest BCUT2D eigenvalue weighted by atomic mass is 19.1. The second-order valence-corrected chi connectivity index (χ2v) is 6.50. The average molecular weight is 383 g/mol. The van der Waals surface area contributed by atoms with E-state index in [1.54, 1.807) is 17.0 Å². The number of aromatic nitrogens is 5. The van der Waals surface area contributed by atoms with E-state index < -0.39 is 6.17 Å². The standard InChI is InChI=1S/C19H19F2N7/c1-2-3-15-9-17(27-26-15)24-18-22-11-23-19(25-18)28-10-14(21)8-16(28)12-4-6-13(20)7-5-12/h2-7,9,11,14,16H,8,10H2,1H3,(H2,22,23,24,25,26,27)/b3-2+. The zero-order chi connectivity index (χ0) is 19.5. The molecule has 144 valence electrons. The Morgan fingerprint density at radius 2 is 2.07 bits per heavy atom. The molecule has 1 aliphatic rings. The molecule has 1 aliphatic heterocycles. The van der Waals surface area contributed by atoms with Crippen LogP contribution in [0, 0.1) is 5.82 Å². The van der Waals surface area contributed by atoms with Gasteiger partial charge in [0.1, 0.15) is 18.3 Å². The van der Waals surface area contributed by atoms with Gasteiger partial charge in [0.15, 0.2) is 5.82 Å². The van der Waals surface area contributed by atoms with Crippen molar-refractivity contribution in [1.29, 1.82) is 0 Å². The van der Waals surface area contributed by atoms with Gasteiger partial charge >= 0.3 is 0 Å². The number of halogens is 2. The summed E-state index contributed by atoms with van der Waals surface area (Å²) >= 11 is 0. The van der Waals surface area contributed by atoms with Crippen molar-refractivity contribution in [1.82, 2.24) is 25.1 Å². The van der Waals surface area contributed by atoms with Crippen LogP contribution < -0.4 is 10.2 Å². The van der Waals surface area contributed by atoms with Gasteiger partial charge in [-0.1, -0.05) is 18.2 Å². The van der Waals surface area contributed by atoms with Crippen LogP contribution in [0.4, 0.5) is 26.5 Å². The van der Waals surface area contributed by atoms with E-state index in [1.807, 2.05) is 25.1 Å². The van der Waals surface area contributed by atoms with Crippen LogP contribution in [0.25, 0.3) is 6.08 Å². The molecular formula is C19H19F2N7.